The van der Waals surface area contributed by atoms with Crippen molar-refractivity contribution in [3.8, 4) is 0 Å². The Morgan fingerprint density at radius 3 is 2.28 bits per heavy atom. The van der Waals surface area contributed by atoms with Crippen LogP contribution < -0.4 is 0 Å². The number of ketones is 1. The van der Waals surface area contributed by atoms with E-state index in [1.807, 2.05) is 32.1 Å². The number of rotatable bonds is 15. The van der Waals surface area contributed by atoms with Gasteiger partial charge in [0.2, 0.25) is 0 Å². The highest BCUT2D eigenvalue weighted by molar-refractivity contribution is 5.80. The summed E-state index contributed by atoms with van der Waals surface area (Å²) in [7, 11) is 0. The molecular formula is C23H38O2. The monoisotopic (exact) mass is 346 g/mol. The van der Waals surface area contributed by atoms with Crippen LogP contribution in [0.4, 0.5) is 0 Å². The third kappa shape index (κ3) is 17.2. The van der Waals surface area contributed by atoms with Crippen LogP contribution in [0.2, 0.25) is 0 Å². The third-order valence-electron chi connectivity index (χ3n) is 4.00. The summed E-state index contributed by atoms with van der Waals surface area (Å²) < 4.78 is 0. The van der Waals surface area contributed by atoms with Crippen LogP contribution in [0.25, 0.3) is 0 Å². The molecule has 0 aromatic rings. The Hall–Kier alpha value is -1.41. The molecule has 0 saturated carbocycles. The first-order valence-electron chi connectivity index (χ1n) is 9.92. The summed E-state index contributed by atoms with van der Waals surface area (Å²) in [6.07, 6.45) is 25.0. The van der Waals surface area contributed by atoms with Gasteiger partial charge in [-0.3, -0.25) is 4.79 Å². The van der Waals surface area contributed by atoms with Crippen molar-refractivity contribution < 1.29 is 9.90 Å². The molecule has 0 aliphatic carbocycles. The number of Topliss-reactive ketones (excluding diaryl/α,β-unsaturated/α-hetero) is 1. The van der Waals surface area contributed by atoms with Gasteiger partial charge in [0.15, 0.2) is 0 Å². The van der Waals surface area contributed by atoms with Crippen molar-refractivity contribution in [2.24, 2.45) is 5.92 Å². The van der Waals surface area contributed by atoms with Crippen LogP contribution in [-0.4, -0.2) is 17.0 Å². The van der Waals surface area contributed by atoms with Crippen LogP contribution in [0.3, 0.4) is 0 Å². The van der Waals surface area contributed by atoms with Crippen LogP contribution in [0.1, 0.15) is 78.6 Å². The quantitative estimate of drug-likeness (QED) is 0.214. The highest BCUT2D eigenvalue weighted by Crippen LogP contribution is 2.05. The summed E-state index contributed by atoms with van der Waals surface area (Å²) in [5.41, 5.74) is 0. The summed E-state index contributed by atoms with van der Waals surface area (Å²) in [6.45, 7) is 6.09. The zero-order chi connectivity index (χ0) is 18.8. The maximum atomic E-state index is 11.5. The third-order valence-corrected chi connectivity index (χ3v) is 4.00. The highest BCUT2D eigenvalue weighted by Gasteiger charge is 2.04. The van der Waals surface area contributed by atoms with Crippen molar-refractivity contribution in [2.45, 2.75) is 84.7 Å². The van der Waals surface area contributed by atoms with E-state index < -0.39 is 0 Å². The minimum atomic E-state index is -0.312. The molecule has 1 N–H and O–H groups in total. The Morgan fingerprint density at radius 1 is 0.920 bits per heavy atom. The van der Waals surface area contributed by atoms with Gasteiger partial charge in [-0.05, 0) is 32.1 Å². The van der Waals surface area contributed by atoms with Gasteiger partial charge in [0.25, 0.3) is 0 Å². The second kappa shape index (κ2) is 17.4. The molecule has 0 radical (unpaired) electrons. The predicted molar refractivity (Wildman–Crippen MR) is 110 cm³/mol. The summed E-state index contributed by atoms with van der Waals surface area (Å²) in [5.74, 6) is 0.529. The van der Waals surface area contributed by atoms with Gasteiger partial charge in [-0.1, -0.05) is 88.6 Å². The molecule has 2 nitrogen and oxygen atoms in total. The van der Waals surface area contributed by atoms with E-state index in [4.69, 9.17) is 0 Å². The minimum absolute atomic E-state index is 0.166. The van der Waals surface area contributed by atoms with Crippen molar-refractivity contribution in [1.29, 1.82) is 0 Å². The lowest BCUT2D eigenvalue weighted by molar-refractivity contribution is -0.121. The molecule has 1 atom stereocenters. The molecule has 0 aliphatic heterocycles. The molecular weight excluding hydrogens is 308 g/mol. The van der Waals surface area contributed by atoms with E-state index in [1.165, 1.54) is 12.8 Å². The number of aliphatic hydroxyl groups excluding tert-OH is 1. The van der Waals surface area contributed by atoms with Gasteiger partial charge in [0, 0.05) is 12.3 Å². The maximum absolute atomic E-state index is 11.5. The van der Waals surface area contributed by atoms with Crippen LogP contribution in [0.5, 0.6) is 0 Å². The van der Waals surface area contributed by atoms with Crippen LogP contribution in [0, 0.1) is 5.92 Å². The first-order valence-corrected chi connectivity index (χ1v) is 9.92. The van der Waals surface area contributed by atoms with E-state index in [0.29, 0.717) is 12.2 Å². The molecule has 0 aromatic heterocycles. The van der Waals surface area contributed by atoms with Gasteiger partial charge in [-0.15, -0.1) is 0 Å². The number of allylic oxidation sites excluding steroid dienone is 7. The molecule has 2 heteroatoms. The Kier molecular flexibility index (Phi) is 16.4. The molecule has 0 rings (SSSR count). The summed E-state index contributed by atoms with van der Waals surface area (Å²) in [6, 6.07) is 0. The number of carbonyl (C=O) groups is 1. The van der Waals surface area contributed by atoms with Gasteiger partial charge in [-0.2, -0.15) is 0 Å². The molecule has 0 amide bonds. The predicted octanol–water partition coefficient (Wildman–Crippen LogP) is 6.33. The lowest BCUT2D eigenvalue weighted by atomic mass is 10.0. The van der Waals surface area contributed by atoms with Gasteiger partial charge >= 0.3 is 0 Å². The first kappa shape index (κ1) is 23.6. The Labute approximate surface area is 155 Å². The molecule has 142 valence electrons. The summed E-state index contributed by atoms with van der Waals surface area (Å²) >= 11 is 0. The van der Waals surface area contributed by atoms with Crippen LogP contribution in [-0.2, 0) is 4.79 Å². The highest BCUT2D eigenvalue weighted by atomic mass is 16.3. The number of aliphatic hydroxyl groups is 1. The molecule has 1 unspecified atom stereocenters. The van der Waals surface area contributed by atoms with Crippen molar-refractivity contribution in [3.63, 3.8) is 0 Å². The van der Waals surface area contributed by atoms with Crippen LogP contribution >= 0.6 is 0 Å². The van der Waals surface area contributed by atoms with E-state index in [1.54, 1.807) is 0 Å². The smallest absolute Gasteiger partial charge is 0.135 e. The van der Waals surface area contributed by atoms with E-state index in [2.05, 4.69) is 37.3 Å². The Balaban J connectivity index is 3.62. The zero-order valence-corrected chi connectivity index (χ0v) is 16.5. The van der Waals surface area contributed by atoms with E-state index >= 15 is 0 Å². The Morgan fingerprint density at radius 2 is 1.60 bits per heavy atom. The minimum Gasteiger partial charge on any atom is -0.389 e. The second-order valence-corrected chi connectivity index (χ2v) is 6.80. The van der Waals surface area contributed by atoms with E-state index in [9.17, 15) is 9.90 Å². The average Bonchev–Trinajstić information content (AvgIpc) is 2.58. The van der Waals surface area contributed by atoms with E-state index in [-0.39, 0.29) is 12.0 Å². The summed E-state index contributed by atoms with van der Waals surface area (Å²) in [5, 5.41) is 9.73. The first-order chi connectivity index (χ1) is 12.1. The SMILES string of the molecule is CCCCCC(O)/C=C/C=C/C/C=C/C/C=C/CCCC(=O)C(C)C. The van der Waals surface area contributed by atoms with Crippen molar-refractivity contribution in [1.82, 2.24) is 0 Å². The largest absolute Gasteiger partial charge is 0.389 e. The standard InChI is InChI=1S/C23H38O2/c1-4-5-15-18-22(24)19-16-13-11-9-7-6-8-10-12-14-17-20-23(25)21(2)3/h6-7,10-13,16,19,21-22,24H,4-5,8-9,14-15,17-18,20H2,1-3H3/b7-6+,12-10+,13-11+,19-16+. The maximum Gasteiger partial charge on any atom is 0.135 e. The van der Waals surface area contributed by atoms with Crippen molar-refractivity contribution in [3.05, 3.63) is 48.6 Å². The fourth-order valence-electron chi connectivity index (χ4n) is 2.30. The van der Waals surface area contributed by atoms with Gasteiger partial charge in [0.05, 0.1) is 6.10 Å². The van der Waals surface area contributed by atoms with E-state index in [0.717, 1.165) is 38.5 Å². The second-order valence-electron chi connectivity index (χ2n) is 6.80. The molecule has 0 spiro atoms. The molecule has 0 heterocycles. The van der Waals surface area contributed by atoms with Crippen molar-refractivity contribution >= 4 is 5.78 Å². The number of hydrogen-bond donors (Lipinski definition) is 1. The van der Waals surface area contributed by atoms with Crippen LogP contribution in [0.15, 0.2) is 48.6 Å². The van der Waals surface area contributed by atoms with Gasteiger partial charge in [-0.25, -0.2) is 0 Å². The fraction of sp³-hybridized carbons (Fsp3) is 0.609. The summed E-state index contributed by atoms with van der Waals surface area (Å²) in [4.78, 5) is 11.5. The number of unbranched alkanes of at least 4 members (excludes halogenated alkanes) is 3. The van der Waals surface area contributed by atoms with Gasteiger partial charge < -0.3 is 5.11 Å². The molecule has 0 fully saturated rings. The molecule has 0 aromatic carbocycles. The number of hydrogen-bond acceptors (Lipinski definition) is 2. The topological polar surface area (TPSA) is 37.3 Å². The molecule has 0 bridgehead atoms. The molecule has 0 aliphatic rings. The average molecular weight is 347 g/mol. The Bertz CT molecular complexity index is 427. The lowest BCUT2D eigenvalue weighted by Gasteiger charge is -2.02. The molecule has 0 saturated heterocycles. The molecule has 25 heavy (non-hydrogen) atoms. The van der Waals surface area contributed by atoms with Crippen molar-refractivity contribution in [2.75, 3.05) is 0 Å². The normalized spacial score (nSPS) is 14.0. The lowest BCUT2D eigenvalue weighted by Crippen LogP contribution is -2.05. The fourth-order valence-corrected chi connectivity index (χ4v) is 2.30. The zero-order valence-electron chi connectivity index (χ0n) is 16.5. The number of carbonyl (C=O) groups excluding carboxylic acids is 1. The van der Waals surface area contributed by atoms with Gasteiger partial charge in [0.1, 0.15) is 5.78 Å².